The third-order valence-electron chi connectivity index (χ3n) is 5.10. The zero-order chi connectivity index (χ0) is 17.1. The molecule has 3 heteroatoms. The standard InChI is InChI=1S/C22H21ClN2/c23-22-20(14-24-18-7-3-1-4-8-18)16-11-12-17(13-16)21(22)15-25-19-9-5-2-6-10-19/h1-10,14-17,24H,11-13H2. The first kappa shape index (κ1) is 16.2. The summed E-state index contributed by atoms with van der Waals surface area (Å²) in [6, 6.07) is 20.2. The quantitative estimate of drug-likeness (QED) is 0.643. The Bertz CT molecular complexity index is 822. The summed E-state index contributed by atoms with van der Waals surface area (Å²) in [5, 5.41) is 4.27. The van der Waals surface area contributed by atoms with E-state index < -0.39 is 0 Å². The van der Waals surface area contributed by atoms with Crippen molar-refractivity contribution in [2.45, 2.75) is 19.3 Å². The van der Waals surface area contributed by atoms with Crippen LogP contribution in [0.3, 0.4) is 0 Å². The zero-order valence-electron chi connectivity index (χ0n) is 14.0. The second-order valence-electron chi connectivity index (χ2n) is 6.68. The monoisotopic (exact) mass is 348 g/mol. The van der Waals surface area contributed by atoms with Gasteiger partial charge in [0, 0.05) is 18.1 Å². The van der Waals surface area contributed by atoms with Crippen molar-refractivity contribution in [3.63, 3.8) is 0 Å². The molecule has 0 heterocycles. The predicted octanol–water partition coefficient (Wildman–Crippen LogP) is 6.31. The molecule has 2 aromatic rings. The average molecular weight is 349 g/mol. The molecule has 2 bridgehead atoms. The lowest BCUT2D eigenvalue weighted by atomic mass is 9.85. The van der Waals surface area contributed by atoms with Crippen molar-refractivity contribution < 1.29 is 0 Å². The molecule has 25 heavy (non-hydrogen) atoms. The first-order chi connectivity index (χ1) is 12.3. The van der Waals surface area contributed by atoms with Gasteiger partial charge in [-0.05, 0) is 66.5 Å². The molecular formula is C22H21ClN2. The SMILES string of the molecule is ClC1=C(C=Nc2ccccc2)C2CCC(C2)C1=CNc1ccccc1. The fourth-order valence-electron chi connectivity index (χ4n) is 3.77. The Kier molecular flexibility index (Phi) is 4.71. The van der Waals surface area contributed by atoms with Crippen molar-refractivity contribution in [3.05, 3.63) is 83.0 Å². The number of rotatable bonds is 4. The Balaban J connectivity index is 1.62. The molecule has 0 saturated heterocycles. The highest BCUT2D eigenvalue weighted by Crippen LogP contribution is 2.49. The topological polar surface area (TPSA) is 24.4 Å². The van der Waals surface area contributed by atoms with Crippen molar-refractivity contribution in [3.8, 4) is 0 Å². The Hall–Kier alpha value is -2.32. The van der Waals surface area contributed by atoms with Crippen LogP contribution in [-0.2, 0) is 0 Å². The van der Waals surface area contributed by atoms with Crippen LogP contribution < -0.4 is 5.32 Å². The van der Waals surface area contributed by atoms with E-state index in [2.05, 4.69) is 28.6 Å². The third-order valence-corrected chi connectivity index (χ3v) is 5.53. The molecule has 0 aliphatic heterocycles. The molecule has 0 spiro atoms. The van der Waals surface area contributed by atoms with E-state index in [4.69, 9.17) is 11.6 Å². The summed E-state index contributed by atoms with van der Waals surface area (Å²) in [4.78, 5) is 4.63. The number of allylic oxidation sites excluding steroid dienone is 3. The minimum absolute atomic E-state index is 0.541. The molecule has 1 saturated carbocycles. The van der Waals surface area contributed by atoms with E-state index >= 15 is 0 Å². The molecule has 2 atom stereocenters. The second kappa shape index (κ2) is 7.28. The van der Waals surface area contributed by atoms with Crippen molar-refractivity contribution in [1.29, 1.82) is 0 Å². The van der Waals surface area contributed by atoms with Crippen molar-refractivity contribution in [2.75, 3.05) is 5.32 Å². The van der Waals surface area contributed by atoms with Crippen LogP contribution in [0.15, 0.2) is 88.0 Å². The summed E-state index contributed by atoms with van der Waals surface area (Å²) in [6.07, 6.45) is 7.63. The minimum atomic E-state index is 0.541. The molecule has 2 aliphatic rings. The van der Waals surface area contributed by atoms with Gasteiger partial charge in [0.15, 0.2) is 0 Å². The smallest absolute Gasteiger partial charge is 0.0629 e. The highest BCUT2D eigenvalue weighted by molar-refractivity contribution is 6.34. The van der Waals surface area contributed by atoms with Crippen LogP contribution in [0.25, 0.3) is 0 Å². The number of fused-ring (bicyclic) bond motifs is 2. The molecule has 0 radical (unpaired) electrons. The lowest BCUT2D eigenvalue weighted by molar-refractivity contribution is 0.587. The molecule has 4 rings (SSSR count). The average Bonchev–Trinajstić information content (AvgIpc) is 3.09. The largest absolute Gasteiger partial charge is 0.361 e. The van der Waals surface area contributed by atoms with Gasteiger partial charge in [-0.15, -0.1) is 0 Å². The number of nitrogens with zero attached hydrogens (tertiary/aromatic N) is 1. The van der Waals surface area contributed by atoms with Gasteiger partial charge < -0.3 is 5.32 Å². The summed E-state index contributed by atoms with van der Waals surface area (Å²) in [5.41, 5.74) is 4.45. The van der Waals surface area contributed by atoms with Gasteiger partial charge in [0.2, 0.25) is 0 Å². The molecule has 1 N–H and O–H groups in total. The summed E-state index contributed by atoms with van der Waals surface area (Å²) in [7, 11) is 0. The highest BCUT2D eigenvalue weighted by atomic mass is 35.5. The maximum absolute atomic E-state index is 6.79. The van der Waals surface area contributed by atoms with E-state index in [0.717, 1.165) is 16.4 Å². The van der Waals surface area contributed by atoms with Crippen LogP contribution in [0.1, 0.15) is 19.3 Å². The molecule has 2 unspecified atom stereocenters. The van der Waals surface area contributed by atoms with Crippen LogP contribution in [0, 0.1) is 11.8 Å². The number of anilines is 1. The van der Waals surface area contributed by atoms with Gasteiger partial charge >= 0.3 is 0 Å². The number of hydrogen-bond acceptors (Lipinski definition) is 2. The van der Waals surface area contributed by atoms with Crippen LogP contribution in [0.5, 0.6) is 0 Å². The fraction of sp³-hybridized carbons (Fsp3) is 0.227. The zero-order valence-corrected chi connectivity index (χ0v) is 14.8. The van der Waals surface area contributed by atoms with Gasteiger partial charge in [0.05, 0.1) is 10.7 Å². The Morgan fingerprint density at radius 2 is 1.60 bits per heavy atom. The number of para-hydroxylation sites is 2. The fourth-order valence-corrected chi connectivity index (χ4v) is 4.18. The summed E-state index contributed by atoms with van der Waals surface area (Å²) >= 11 is 6.79. The number of halogens is 1. The van der Waals surface area contributed by atoms with E-state index in [0.29, 0.717) is 11.8 Å². The van der Waals surface area contributed by atoms with E-state index in [1.165, 1.54) is 30.4 Å². The van der Waals surface area contributed by atoms with Gasteiger partial charge in [-0.25, -0.2) is 0 Å². The Labute approximate surface area is 153 Å². The number of hydrogen-bond donors (Lipinski definition) is 1. The first-order valence-corrected chi connectivity index (χ1v) is 9.20. The normalized spacial score (nSPS) is 24.3. The molecule has 2 aliphatic carbocycles. The van der Waals surface area contributed by atoms with E-state index in [9.17, 15) is 0 Å². The first-order valence-electron chi connectivity index (χ1n) is 8.82. The van der Waals surface area contributed by atoms with E-state index in [1.807, 2.05) is 54.7 Å². The maximum Gasteiger partial charge on any atom is 0.0629 e. The van der Waals surface area contributed by atoms with Gasteiger partial charge in [-0.2, -0.15) is 0 Å². The Morgan fingerprint density at radius 1 is 0.920 bits per heavy atom. The lowest BCUT2D eigenvalue weighted by Gasteiger charge is -2.24. The molecule has 0 aromatic heterocycles. The third kappa shape index (κ3) is 3.54. The van der Waals surface area contributed by atoms with Gasteiger partial charge in [-0.3, -0.25) is 4.99 Å². The minimum Gasteiger partial charge on any atom is -0.361 e. The molecular weight excluding hydrogens is 328 g/mol. The lowest BCUT2D eigenvalue weighted by Crippen LogP contribution is -2.14. The summed E-state index contributed by atoms with van der Waals surface area (Å²) < 4.78 is 0. The highest BCUT2D eigenvalue weighted by Gasteiger charge is 2.36. The number of aliphatic imine (C=N–C) groups is 1. The molecule has 2 nitrogen and oxygen atoms in total. The van der Waals surface area contributed by atoms with E-state index in [-0.39, 0.29) is 0 Å². The van der Waals surface area contributed by atoms with Crippen molar-refractivity contribution >= 4 is 29.2 Å². The molecule has 126 valence electrons. The van der Waals surface area contributed by atoms with Crippen molar-refractivity contribution in [2.24, 2.45) is 16.8 Å². The number of benzene rings is 2. The Morgan fingerprint density at radius 3 is 2.36 bits per heavy atom. The maximum atomic E-state index is 6.79. The number of nitrogens with one attached hydrogen (secondary N) is 1. The van der Waals surface area contributed by atoms with Crippen LogP contribution >= 0.6 is 11.6 Å². The van der Waals surface area contributed by atoms with Crippen molar-refractivity contribution in [1.82, 2.24) is 0 Å². The van der Waals surface area contributed by atoms with Crippen LogP contribution in [-0.4, -0.2) is 6.21 Å². The molecule has 1 fully saturated rings. The summed E-state index contributed by atoms with van der Waals surface area (Å²) in [5.74, 6) is 1.10. The molecule has 0 amide bonds. The van der Waals surface area contributed by atoms with Crippen LogP contribution in [0.4, 0.5) is 11.4 Å². The molecule has 2 aromatic carbocycles. The second-order valence-corrected chi connectivity index (χ2v) is 7.06. The van der Waals surface area contributed by atoms with E-state index in [1.54, 1.807) is 0 Å². The predicted molar refractivity (Wildman–Crippen MR) is 106 cm³/mol. The van der Waals surface area contributed by atoms with Gasteiger partial charge in [0.25, 0.3) is 0 Å². The van der Waals surface area contributed by atoms with Crippen LogP contribution in [0.2, 0.25) is 0 Å². The van der Waals surface area contributed by atoms with Gasteiger partial charge in [-0.1, -0.05) is 48.0 Å². The summed E-state index contributed by atoms with van der Waals surface area (Å²) in [6.45, 7) is 0. The van der Waals surface area contributed by atoms with Gasteiger partial charge in [0.1, 0.15) is 0 Å².